The molecule has 9 atom stereocenters. The Labute approximate surface area is 325 Å². The molecule has 288 valence electrons. The number of amides is 2. The second-order valence-corrected chi connectivity index (χ2v) is 19.6. The number of fused-ring (bicyclic) bond motifs is 8. The lowest BCUT2D eigenvalue weighted by molar-refractivity contribution is -0.219. The quantitative estimate of drug-likeness (QED) is 0.287. The fourth-order valence-corrected chi connectivity index (χ4v) is 14.2. The third-order valence-electron chi connectivity index (χ3n) is 16.6. The van der Waals surface area contributed by atoms with Gasteiger partial charge in [0.2, 0.25) is 5.91 Å². The molecule has 54 heavy (non-hydrogen) atoms. The van der Waals surface area contributed by atoms with E-state index in [0.29, 0.717) is 51.6 Å². The van der Waals surface area contributed by atoms with Gasteiger partial charge in [-0.05, 0) is 157 Å². The minimum absolute atomic E-state index is 0.0486. The molecule has 2 N–H and O–H groups in total. The average Bonchev–Trinajstić information content (AvgIpc) is 3.49. The summed E-state index contributed by atoms with van der Waals surface area (Å²) in [6.45, 7) is 19.2. The Morgan fingerprint density at radius 3 is 2.39 bits per heavy atom. The summed E-state index contributed by atoms with van der Waals surface area (Å²) in [6.07, 6.45) is 12.2. The molecule has 1 aliphatic heterocycles. The zero-order valence-electron chi connectivity index (χ0n) is 32.9. The number of carboxylic acid groups (broad SMARTS) is 1. The Hall–Kier alpha value is -3.58. The third-order valence-corrected chi connectivity index (χ3v) is 16.9. The van der Waals surface area contributed by atoms with Gasteiger partial charge < -0.3 is 15.2 Å². The van der Waals surface area contributed by atoms with Crippen LogP contribution in [0, 0.1) is 51.2 Å². The maximum atomic E-state index is 14.2. The van der Waals surface area contributed by atoms with Crippen LogP contribution in [0.5, 0.6) is 5.75 Å². The van der Waals surface area contributed by atoms with E-state index >= 15 is 0 Å². The van der Waals surface area contributed by atoms with Crippen LogP contribution in [-0.4, -0.2) is 41.6 Å². The van der Waals surface area contributed by atoms with E-state index in [1.54, 1.807) is 30.3 Å². The van der Waals surface area contributed by atoms with Crippen molar-refractivity contribution in [1.29, 1.82) is 0 Å². The number of carboxylic acids is 1. The van der Waals surface area contributed by atoms with Gasteiger partial charge in [-0.3, -0.25) is 14.5 Å². The van der Waals surface area contributed by atoms with Crippen LogP contribution in [0.4, 0.5) is 5.69 Å². The average molecular weight is 753 g/mol. The molecule has 2 aromatic rings. The Morgan fingerprint density at radius 2 is 1.69 bits per heavy atom. The molecular weight excluding hydrogens is 696 g/mol. The molecule has 2 aromatic carbocycles. The van der Waals surface area contributed by atoms with Gasteiger partial charge in [0, 0.05) is 10.6 Å². The molecule has 4 fully saturated rings. The largest absolute Gasteiger partial charge is 0.482 e. The lowest BCUT2D eigenvalue weighted by atomic mass is 9.33. The van der Waals surface area contributed by atoms with Gasteiger partial charge in [-0.15, -0.1) is 0 Å². The van der Waals surface area contributed by atoms with E-state index in [1.165, 1.54) is 35.3 Å². The summed E-state index contributed by atoms with van der Waals surface area (Å²) in [6, 6.07) is 12.7. The van der Waals surface area contributed by atoms with Gasteiger partial charge >= 0.3 is 5.97 Å². The van der Waals surface area contributed by atoms with E-state index in [2.05, 4.69) is 59.5 Å². The van der Waals surface area contributed by atoms with Gasteiger partial charge in [0.15, 0.2) is 6.61 Å². The van der Waals surface area contributed by atoms with Gasteiger partial charge in [0.25, 0.3) is 5.91 Å². The molecule has 1 heterocycles. The number of carbonyl (C=O) groups is 3. The molecule has 0 unspecified atom stereocenters. The summed E-state index contributed by atoms with van der Waals surface area (Å²) in [5, 5.41) is 13.6. The van der Waals surface area contributed by atoms with Crippen molar-refractivity contribution < 1.29 is 24.2 Å². The highest BCUT2D eigenvalue weighted by atomic mass is 35.5. The number of aromatic carboxylic acids is 1. The second kappa shape index (κ2) is 12.7. The summed E-state index contributed by atoms with van der Waals surface area (Å²) in [4.78, 5) is 40.4. The van der Waals surface area contributed by atoms with Gasteiger partial charge in [0.1, 0.15) is 12.3 Å². The number of ether oxygens (including phenoxy) is 1. The van der Waals surface area contributed by atoms with E-state index in [9.17, 15) is 19.5 Å². The van der Waals surface area contributed by atoms with Crippen LogP contribution < -0.4 is 15.0 Å². The van der Waals surface area contributed by atoms with E-state index < -0.39 is 5.97 Å². The van der Waals surface area contributed by atoms with Crippen molar-refractivity contribution in [3.8, 4) is 5.75 Å². The zero-order chi connectivity index (χ0) is 38.6. The molecule has 0 bridgehead atoms. The monoisotopic (exact) mass is 752 g/mol. The van der Waals surface area contributed by atoms with Crippen LogP contribution >= 0.6 is 11.6 Å². The fourth-order valence-electron chi connectivity index (χ4n) is 14.1. The van der Waals surface area contributed by atoms with Gasteiger partial charge in [-0.1, -0.05) is 76.6 Å². The number of halogens is 1. The normalized spacial score (nSPS) is 37.7. The van der Waals surface area contributed by atoms with Crippen molar-refractivity contribution >= 4 is 40.6 Å². The summed E-state index contributed by atoms with van der Waals surface area (Å²) >= 11 is 6.32. The van der Waals surface area contributed by atoms with Crippen molar-refractivity contribution in [1.82, 2.24) is 5.32 Å². The van der Waals surface area contributed by atoms with Crippen LogP contribution in [0.25, 0.3) is 5.57 Å². The Kier molecular flexibility index (Phi) is 8.80. The number of carbonyl (C=O) groups excluding carboxylic acids is 2. The molecule has 5 aliphatic carbocycles. The van der Waals surface area contributed by atoms with Crippen molar-refractivity contribution in [2.45, 2.75) is 105 Å². The molecule has 0 saturated heterocycles. The first kappa shape index (κ1) is 37.3. The number of benzene rings is 2. The third kappa shape index (κ3) is 5.37. The number of nitrogens with zero attached hydrogens (tertiary/aromatic N) is 1. The predicted molar refractivity (Wildman–Crippen MR) is 213 cm³/mol. The van der Waals surface area contributed by atoms with Gasteiger partial charge in [-0.2, -0.15) is 0 Å². The van der Waals surface area contributed by atoms with Crippen LogP contribution in [-0.2, 0) is 9.59 Å². The number of hydrogen-bond donors (Lipinski definition) is 2. The van der Waals surface area contributed by atoms with Crippen LogP contribution in [0.1, 0.15) is 115 Å². The number of allylic oxidation sites excluding steroid dienone is 3. The molecule has 2 amide bonds. The van der Waals surface area contributed by atoms with E-state index in [1.807, 2.05) is 12.1 Å². The summed E-state index contributed by atoms with van der Waals surface area (Å²) in [5.41, 5.74) is 4.60. The Bertz CT molecular complexity index is 1950. The van der Waals surface area contributed by atoms with Crippen molar-refractivity contribution in [2.24, 2.45) is 51.2 Å². The first-order chi connectivity index (χ1) is 25.4. The molecular formula is C46H57ClN2O5. The van der Waals surface area contributed by atoms with Crippen LogP contribution in [0.15, 0.2) is 60.7 Å². The lowest BCUT2D eigenvalue weighted by Crippen LogP contribution is -2.68. The highest BCUT2D eigenvalue weighted by Gasteiger charge is 2.70. The van der Waals surface area contributed by atoms with E-state index in [0.717, 1.165) is 44.1 Å². The first-order valence-corrected chi connectivity index (χ1v) is 20.6. The van der Waals surface area contributed by atoms with E-state index in [4.69, 9.17) is 16.3 Å². The van der Waals surface area contributed by atoms with Gasteiger partial charge in [-0.25, -0.2) is 4.79 Å². The standard InChI is InChI=1S/C46H57ClN2O5/c1-27(2)31-16-21-46(48-38(50)25-49-34-24-30(47)12-14-35(34)54-26-39(49)51)23-22-44(6)33(40(31)46)13-15-37-43(5)19-17-32(28-8-10-29(11-9-28)41(52)53)42(3,4)36(43)18-20-45(37,44)7/h8-12,14,17,24,31,33,36-37,40H,1,13,15-16,18-23,25-26H2,2-7H3,(H,48,50)(H,52,53)/t31-,33+,36-,37+,40+,43-,44+,45+,46-/m0/s1. The fraction of sp³-hybridized carbons (Fsp3) is 0.587. The van der Waals surface area contributed by atoms with Crippen LogP contribution in [0.3, 0.4) is 0 Å². The number of nitrogens with one attached hydrogen (secondary N) is 1. The molecule has 0 radical (unpaired) electrons. The SMILES string of the molecule is C=C(C)[C@@H]1CC[C@]2(NC(=O)CN3C(=O)COc4ccc(Cl)cc43)CC[C@]3(C)[C@H](CC[C@@H]4[C@@]5(C)CC=C(c6ccc(C(=O)O)cc6)C(C)(C)[C@@H]5CC[C@]43C)[C@@H]12. The molecule has 8 heteroatoms. The van der Waals surface area contributed by atoms with Crippen LogP contribution in [0.2, 0.25) is 5.02 Å². The summed E-state index contributed by atoms with van der Waals surface area (Å²) in [7, 11) is 0. The summed E-state index contributed by atoms with van der Waals surface area (Å²) < 4.78 is 5.66. The number of anilines is 1. The second-order valence-electron chi connectivity index (χ2n) is 19.2. The van der Waals surface area contributed by atoms with Gasteiger partial charge in [0.05, 0.1) is 11.3 Å². The topological polar surface area (TPSA) is 95.9 Å². The highest BCUT2D eigenvalue weighted by molar-refractivity contribution is 6.31. The Morgan fingerprint density at radius 1 is 0.944 bits per heavy atom. The zero-order valence-corrected chi connectivity index (χ0v) is 33.7. The van der Waals surface area contributed by atoms with Crippen molar-refractivity contribution in [3.63, 3.8) is 0 Å². The molecule has 7 nitrogen and oxygen atoms in total. The smallest absolute Gasteiger partial charge is 0.335 e. The summed E-state index contributed by atoms with van der Waals surface area (Å²) in [5.74, 6) is 1.50. The Balaban J connectivity index is 1.08. The molecule has 8 rings (SSSR count). The minimum atomic E-state index is -0.891. The molecule has 6 aliphatic rings. The predicted octanol–water partition coefficient (Wildman–Crippen LogP) is 9.98. The lowest BCUT2D eigenvalue weighted by Gasteiger charge is -2.72. The molecule has 0 aromatic heterocycles. The number of rotatable bonds is 6. The maximum Gasteiger partial charge on any atom is 0.335 e. The highest BCUT2D eigenvalue weighted by Crippen LogP contribution is 2.76. The molecule has 4 saturated carbocycles. The minimum Gasteiger partial charge on any atom is -0.482 e. The number of hydrogen-bond acceptors (Lipinski definition) is 4. The van der Waals surface area contributed by atoms with E-state index in [-0.39, 0.29) is 52.2 Å². The first-order valence-electron chi connectivity index (χ1n) is 20.2. The van der Waals surface area contributed by atoms with Crippen molar-refractivity contribution in [2.75, 3.05) is 18.1 Å². The maximum absolute atomic E-state index is 14.2. The van der Waals surface area contributed by atoms with Crippen molar-refractivity contribution in [3.05, 3.63) is 76.8 Å². The molecule has 0 spiro atoms.